The molecule has 5 heteroatoms. The molecule has 2 nitrogen and oxygen atoms in total. The van der Waals surface area contributed by atoms with Crippen molar-refractivity contribution in [3.63, 3.8) is 0 Å². The molecule has 0 fully saturated rings. The summed E-state index contributed by atoms with van der Waals surface area (Å²) in [5, 5.41) is 7.92. The fourth-order valence-electron chi connectivity index (χ4n) is 1.50. The van der Waals surface area contributed by atoms with Gasteiger partial charge in [0.1, 0.15) is 11.7 Å². The zero-order chi connectivity index (χ0) is 13.1. The van der Waals surface area contributed by atoms with Crippen LogP contribution in [0.1, 0.15) is 5.56 Å². The summed E-state index contributed by atoms with van der Waals surface area (Å²) in [6.45, 7) is 0. The molecule has 2 rings (SSSR count). The Bertz CT molecular complexity index is 601. The van der Waals surface area contributed by atoms with Gasteiger partial charge in [-0.25, -0.2) is 4.39 Å². The van der Waals surface area contributed by atoms with Gasteiger partial charge in [0, 0.05) is 15.4 Å². The highest BCUT2D eigenvalue weighted by molar-refractivity contribution is 7.99. The van der Waals surface area contributed by atoms with E-state index in [1.54, 1.807) is 36.4 Å². The first-order chi connectivity index (χ1) is 8.59. The van der Waals surface area contributed by atoms with Crippen LogP contribution in [-0.4, -0.2) is 5.84 Å². The van der Waals surface area contributed by atoms with Crippen LogP contribution in [0.4, 0.5) is 4.39 Å². The van der Waals surface area contributed by atoms with Crippen LogP contribution in [-0.2, 0) is 0 Å². The lowest BCUT2D eigenvalue weighted by Crippen LogP contribution is -2.13. The standard InChI is InChI=1S/C13H10ClFN2S/c14-8-4-3-7-11(12(8)13(16)17)18-10-6-2-1-5-9(10)15/h1-7H,(H3,16,17). The summed E-state index contributed by atoms with van der Waals surface area (Å²) in [6, 6.07) is 11.6. The molecule has 0 aliphatic heterocycles. The topological polar surface area (TPSA) is 49.9 Å². The Labute approximate surface area is 113 Å². The average Bonchev–Trinajstić information content (AvgIpc) is 2.31. The second kappa shape index (κ2) is 5.42. The predicted octanol–water partition coefficient (Wildman–Crippen LogP) is 3.91. The second-order valence-corrected chi connectivity index (χ2v) is 5.05. The highest BCUT2D eigenvalue weighted by Gasteiger charge is 2.12. The van der Waals surface area contributed by atoms with Crippen LogP contribution in [0, 0.1) is 11.2 Å². The highest BCUT2D eigenvalue weighted by atomic mass is 35.5. The van der Waals surface area contributed by atoms with E-state index in [2.05, 4.69) is 0 Å². The zero-order valence-electron chi connectivity index (χ0n) is 9.28. The van der Waals surface area contributed by atoms with Gasteiger partial charge in [0.05, 0.1) is 5.02 Å². The molecule has 0 radical (unpaired) electrons. The molecular formula is C13H10ClFN2S. The fourth-order valence-corrected chi connectivity index (χ4v) is 2.85. The van der Waals surface area contributed by atoms with E-state index in [1.165, 1.54) is 17.8 Å². The number of rotatable bonds is 3. The molecule has 0 amide bonds. The summed E-state index contributed by atoms with van der Waals surface area (Å²) in [7, 11) is 0. The van der Waals surface area contributed by atoms with Gasteiger partial charge < -0.3 is 5.73 Å². The van der Waals surface area contributed by atoms with Crippen LogP contribution in [0.5, 0.6) is 0 Å². The van der Waals surface area contributed by atoms with Crippen molar-refractivity contribution in [1.82, 2.24) is 0 Å². The van der Waals surface area contributed by atoms with Crippen molar-refractivity contribution in [3.8, 4) is 0 Å². The Morgan fingerprint density at radius 3 is 2.44 bits per heavy atom. The van der Waals surface area contributed by atoms with E-state index in [-0.39, 0.29) is 11.7 Å². The number of hydrogen-bond donors (Lipinski definition) is 2. The fraction of sp³-hybridized carbons (Fsp3) is 0. The molecule has 0 atom stereocenters. The van der Waals surface area contributed by atoms with E-state index in [0.717, 1.165) is 0 Å². The molecule has 0 saturated heterocycles. The number of halogens is 2. The van der Waals surface area contributed by atoms with Gasteiger partial charge in [0.2, 0.25) is 0 Å². The molecule has 92 valence electrons. The van der Waals surface area contributed by atoms with Gasteiger partial charge >= 0.3 is 0 Å². The van der Waals surface area contributed by atoms with Crippen LogP contribution < -0.4 is 5.73 Å². The zero-order valence-corrected chi connectivity index (χ0v) is 10.9. The van der Waals surface area contributed by atoms with Crippen LogP contribution in [0.15, 0.2) is 52.3 Å². The van der Waals surface area contributed by atoms with Crippen molar-refractivity contribution in [1.29, 1.82) is 5.41 Å². The predicted molar refractivity (Wildman–Crippen MR) is 73.0 cm³/mol. The average molecular weight is 281 g/mol. The third kappa shape index (κ3) is 2.66. The minimum Gasteiger partial charge on any atom is -0.384 e. The Kier molecular flexibility index (Phi) is 3.89. The minimum absolute atomic E-state index is 0.126. The molecule has 0 bridgehead atoms. The molecule has 0 spiro atoms. The highest BCUT2D eigenvalue weighted by Crippen LogP contribution is 2.34. The van der Waals surface area contributed by atoms with E-state index in [4.69, 9.17) is 22.7 Å². The summed E-state index contributed by atoms with van der Waals surface area (Å²) in [5.74, 6) is -0.434. The molecule has 0 saturated carbocycles. The molecule has 0 aromatic heterocycles. The maximum atomic E-state index is 13.6. The molecule has 0 aliphatic rings. The van der Waals surface area contributed by atoms with Crippen molar-refractivity contribution in [3.05, 3.63) is 58.9 Å². The van der Waals surface area contributed by atoms with Gasteiger partial charge in [-0.3, -0.25) is 5.41 Å². The Morgan fingerprint density at radius 1 is 1.11 bits per heavy atom. The Hall–Kier alpha value is -1.52. The lowest BCUT2D eigenvalue weighted by atomic mass is 10.2. The molecule has 3 N–H and O–H groups in total. The second-order valence-electron chi connectivity index (χ2n) is 3.56. The van der Waals surface area contributed by atoms with Crippen molar-refractivity contribution in [2.75, 3.05) is 0 Å². The molecule has 2 aromatic carbocycles. The molecule has 2 aromatic rings. The molecular weight excluding hydrogens is 271 g/mol. The third-order valence-corrected chi connectivity index (χ3v) is 3.73. The van der Waals surface area contributed by atoms with Gasteiger partial charge in [-0.2, -0.15) is 0 Å². The summed E-state index contributed by atoms with van der Waals surface area (Å²) in [4.78, 5) is 1.14. The Balaban J connectivity index is 2.44. The number of benzene rings is 2. The van der Waals surface area contributed by atoms with Gasteiger partial charge in [-0.05, 0) is 24.3 Å². The maximum Gasteiger partial charge on any atom is 0.137 e. The summed E-state index contributed by atoms with van der Waals surface area (Å²) in [5.41, 5.74) is 5.94. The van der Waals surface area contributed by atoms with Crippen molar-refractivity contribution < 1.29 is 4.39 Å². The van der Waals surface area contributed by atoms with Crippen LogP contribution in [0.3, 0.4) is 0 Å². The first kappa shape index (κ1) is 12.9. The normalized spacial score (nSPS) is 10.3. The lowest BCUT2D eigenvalue weighted by Gasteiger charge is -2.09. The first-order valence-electron chi connectivity index (χ1n) is 5.15. The first-order valence-corrected chi connectivity index (χ1v) is 6.34. The van der Waals surface area contributed by atoms with Gasteiger partial charge in [-0.1, -0.05) is 41.6 Å². The molecule has 0 unspecified atom stereocenters. The van der Waals surface area contributed by atoms with Crippen molar-refractivity contribution in [2.24, 2.45) is 5.73 Å². The maximum absolute atomic E-state index is 13.6. The number of hydrogen-bond acceptors (Lipinski definition) is 2. The molecule has 18 heavy (non-hydrogen) atoms. The largest absolute Gasteiger partial charge is 0.384 e. The molecule has 0 heterocycles. The van der Waals surface area contributed by atoms with E-state index in [1.807, 2.05) is 0 Å². The quantitative estimate of drug-likeness (QED) is 0.661. The monoisotopic (exact) mass is 280 g/mol. The summed E-state index contributed by atoms with van der Waals surface area (Å²) in [6.07, 6.45) is 0. The van der Waals surface area contributed by atoms with Crippen LogP contribution in [0.2, 0.25) is 5.02 Å². The summed E-state index contributed by atoms with van der Waals surface area (Å²) < 4.78 is 13.6. The minimum atomic E-state index is -0.308. The smallest absolute Gasteiger partial charge is 0.137 e. The van der Waals surface area contributed by atoms with E-state index >= 15 is 0 Å². The number of amidine groups is 1. The Morgan fingerprint density at radius 2 is 1.78 bits per heavy atom. The van der Waals surface area contributed by atoms with E-state index in [0.29, 0.717) is 20.4 Å². The number of nitrogen functional groups attached to an aromatic ring is 1. The number of nitrogens with two attached hydrogens (primary N) is 1. The van der Waals surface area contributed by atoms with Crippen molar-refractivity contribution >= 4 is 29.2 Å². The SMILES string of the molecule is N=C(N)c1c(Cl)cccc1Sc1ccccc1F. The van der Waals surface area contributed by atoms with E-state index < -0.39 is 0 Å². The van der Waals surface area contributed by atoms with Gasteiger partial charge in [0.25, 0.3) is 0 Å². The third-order valence-electron chi connectivity index (χ3n) is 2.30. The van der Waals surface area contributed by atoms with Crippen LogP contribution in [0.25, 0.3) is 0 Å². The number of nitrogens with one attached hydrogen (secondary N) is 1. The van der Waals surface area contributed by atoms with Crippen molar-refractivity contribution in [2.45, 2.75) is 9.79 Å². The van der Waals surface area contributed by atoms with Gasteiger partial charge in [-0.15, -0.1) is 0 Å². The van der Waals surface area contributed by atoms with E-state index in [9.17, 15) is 4.39 Å². The summed E-state index contributed by atoms with van der Waals surface area (Å²) >= 11 is 7.21. The van der Waals surface area contributed by atoms with Crippen LogP contribution >= 0.6 is 23.4 Å². The molecule has 0 aliphatic carbocycles. The van der Waals surface area contributed by atoms with Gasteiger partial charge in [0.15, 0.2) is 0 Å². The lowest BCUT2D eigenvalue weighted by molar-refractivity contribution is 0.602.